The number of phenolic OH excluding ortho intramolecular Hbond substituents is 1. The van der Waals surface area contributed by atoms with E-state index >= 15 is 0 Å². The van der Waals surface area contributed by atoms with Crippen molar-refractivity contribution in [3.63, 3.8) is 0 Å². The Hall–Kier alpha value is -2.74. The number of thiophene rings is 1. The van der Waals surface area contributed by atoms with E-state index in [9.17, 15) is 9.90 Å². The number of hydrogen-bond donors (Lipinski definition) is 1. The van der Waals surface area contributed by atoms with E-state index in [0.29, 0.717) is 33.7 Å². The van der Waals surface area contributed by atoms with Crippen LogP contribution in [-0.4, -0.2) is 34.5 Å². The standard InChI is InChI=1S/C24H24N2O4S/c1-29-14-19-25-23-21(24(28)26(19)13-17-8-5-11-30-17)20-16(9-10-18(27)22(20)31-23)12-15-6-3-2-4-7-15/h2-4,6-7,9-10,17,27H,5,8,11-14H2,1H3. The zero-order valence-electron chi connectivity index (χ0n) is 17.3. The number of fused-ring (bicyclic) bond motifs is 3. The maximum Gasteiger partial charge on any atom is 0.263 e. The van der Waals surface area contributed by atoms with Gasteiger partial charge in [0, 0.05) is 19.1 Å². The highest BCUT2D eigenvalue weighted by molar-refractivity contribution is 7.25. The summed E-state index contributed by atoms with van der Waals surface area (Å²) in [6.07, 6.45) is 2.62. The number of methoxy groups -OCH3 is 1. The van der Waals surface area contributed by atoms with Gasteiger partial charge in [-0.1, -0.05) is 36.4 Å². The Kier molecular flexibility index (Phi) is 5.48. The fourth-order valence-electron chi connectivity index (χ4n) is 4.33. The maximum absolute atomic E-state index is 13.7. The number of aromatic nitrogens is 2. The second-order valence-electron chi connectivity index (χ2n) is 7.90. The maximum atomic E-state index is 13.7. The first-order chi connectivity index (χ1) is 15.2. The summed E-state index contributed by atoms with van der Waals surface area (Å²) in [6, 6.07) is 13.7. The molecule has 1 fully saturated rings. The molecule has 1 atom stereocenters. The van der Waals surface area contributed by atoms with Crippen molar-refractivity contribution in [2.45, 2.75) is 38.5 Å². The highest BCUT2D eigenvalue weighted by Crippen LogP contribution is 2.39. The molecule has 2 aromatic carbocycles. The van der Waals surface area contributed by atoms with Crippen LogP contribution in [0.4, 0.5) is 0 Å². The third-order valence-corrected chi connectivity index (χ3v) is 6.91. The number of phenols is 1. The molecule has 1 aliphatic rings. The second kappa shape index (κ2) is 8.42. The van der Waals surface area contributed by atoms with Gasteiger partial charge in [0.1, 0.15) is 23.0 Å². The molecule has 0 aliphatic carbocycles. The lowest BCUT2D eigenvalue weighted by Gasteiger charge is -2.16. The molecule has 4 aromatic rings. The predicted molar refractivity (Wildman–Crippen MR) is 122 cm³/mol. The van der Waals surface area contributed by atoms with Gasteiger partial charge in [-0.05, 0) is 36.5 Å². The van der Waals surface area contributed by atoms with Gasteiger partial charge in [-0.2, -0.15) is 0 Å². The highest BCUT2D eigenvalue weighted by Gasteiger charge is 2.23. The molecular weight excluding hydrogens is 412 g/mol. The van der Waals surface area contributed by atoms with E-state index in [4.69, 9.17) is 14.5 Å². The lowest BCUT2D eigenvalue weighted by Crippen LogP contribution is -2.30. The van der Waals surface area contributed by atoms with Gasteiger partial charge in [-0.25, -0.2) is 4.98 Å². The van der Waals surface area contributed by atoms with Crippen molar-refractivity contribution in [2.24, 2.45) is 0 Å². The minimum absolute atomic E-state index is 0.00893. The van der Waals surface area contributed by atoms with Crippen LogP contribution in [0.3, 0.4) is 0 Å². The number of ether oxygens (including phenoxy) is 2. The number of nitrogens with zero attached hydrogens (tertiary/aromatic N) is 2. The van der Waals surface area contributed by atoms with Crippen LogP contribution >= 0.6 is 11.3 Å². The summed E-state index contributed by atoms with van der Waals surface area (Å²) in [4.78, 5) is 19.2. The zero-order chi connectivity index (χ0) is 21.4. The van der Waals surface area contributed by atoms with Gasteiger partial charge in [0.25, 0.3) is 5.56 Å². The Morgan fingerprint density at radius 3 is 2.81 bits per heavy atom. The average molecular weight is 437 g/mol. The van der Waals surface area contributed by atoms with Crippen molar-refractivity contribution in [2.75, 3.05) is 13.7 Å². The first-order valence-electron chi connectivity index (χ1n) is 10.5. The Bertz CT molecular complexity index is 1290. The number of benzene rings is 2. The lowest BCUT2D eigenvalue weighted by atomic mass is 10.00. The second-order valence-corrected chi connectivity index (χ2v) is 8.90. The van der Waals surface area contributed by atoms with Crippen LogP contribution in [0, 0.1) is 0 Å². The highest BCUT2D eigenvalue weighted by atomic mass is 32.1. The Morgan fingerprint density at radius 2 is 2.06 bits per heavy atom. The molecule has 0 radical (unpaired) electrons. The first-order valence-corrected chi connectivity index (χ1v) is 11.3. The van der Waals surface area contributed by atoms with Gasteiger partial charge < -0.3 is 14.6 Å². The van der Waals surface area contributed by atoms with E-state index in [1.54, 1.807) is 17.7 Å². The normalized spacial score (nSPS) is 16.5. The molecule has 3 heterocycles. The molecule has 0 amide bonds. The van der Waals surface area contributed by atoms with Crippen molar-refractivity contribution in [3.8, 4) is 5.75 Å². The van der Waals surface area contributed by atoms with E-state index in [-0.39, 0.29) is 24.0 Å². The van der Waals surface area contributed by atoms with Crippen LogP contribution in [0.25, 0.3) is 20.3 Å². The number of hydrogen-bond acceptors (Lipinski definition) is 6. The van der Waals surface area contributed by atoms with Crippen molar-refractivity contribution >= 4 is 31.6 Å². The van der Waals surface area contributed by atoms with E-state index in [2.05, 4.69) is 12.1 Å². The van der Waals surface area contributed by atoms with Crippen LogP contribution in [0.15, 0.2) is 47.3 Å². The van der Waals surface area contributed by atoms with Crippen LogP contribution in [0.5, 0.6) is 5.75 Å². The summed E-state index contributed by atoms with van der Waals surface area (Å²) in [6.45, 7) is 1.44. The van der Waals surface area contributed by atoms with Crippen LogP contribution < -0.4 is 5.56 Å². The van der Waals surface area contributed by atoms with Crippen LogP contribution in [0.1, 0.15) is 29.8 Å². The number of aromatic hydroxyl groups is 1. The molecule has 0 bridgehead atoms. The molecule has 160 valence electrons. The minimum atomic E-state index is -0.0984. The molecule has 7 heteroatoms. The predicted octanol–water partition coefficient (Wildman–Crippen LogP) is 4.23. The Morgan fingerprint density at radius 1 is 1.23 bits per heavy atom. The number of rotatable bonds is 6. The Labute approximate surface area is 183 Å². The zero-order valence-corrected chi connectivity index (χ0v) is 18.2. The molecule has 6 nitrogen and oxygen atoms in total. The average Bonchev–Trinajstić information content (AvgIpc) is 3.42. The van der Waals surface area contributed by atoms with Gasteiger partial charge in [0.15, 0.2) is 0 Å². The summed E-state index contributed by atoms with van der Waals surface area (Å²) in [7, 11) is 1.60. The molecule has 5 rings (SSSR count). The summed E-state index contributed by atoms with van der Waals surface area (Å²) in [5.74, 6) is 0.763. The monoisotopic (exact) mass is 436 g/mol. The summed E-state index contributed by atoms with van der Waals surface area (Å²) >= 11 is 1.36. The SMILES string of the molecule is COCc1nc2sc3c(O)ccc(Cc4ccccc4)c3c2c(=O)n1CC1CCCO1. The fraction of sp³-hybridized carbons (Fsp3) is 0.333. The summed E-state index contributed by atoms with van der Waals surface area (Å²) in [5.41, 5.74) is 2.06. The van der Waals surface area contributed by atoms with Crippen molar-refractivity contribution in [1.29, 1.82) is 0 Å². The van der Waals surface area contributed by atoms with Gasteiger partial charge in [-0.15, -0.1) is 11.3 Å². The molecule has 1 aliphatic heterocycles. The van der Waals surface area contributed by atoms with Gasteiger partial charge in [0.2, 0.25) is 0 Å². The third kappa shape index (κ3) is 3.73. The molecule has 2 aromatic heterocycles. The van der Waals surface area contributed by atoms with E-state index in [0.717, 1.165) is 36.0 Å². The topological polar surface area (TPSA) is 73.6 Å². The summed E-state index contributed by atoms with van der Waals surface area (Å²) in [5, 5.41) is 11.9. The van der Waals surface area contributed by atoms with E-state index < -0.39 is 0 Å². The van der Waals surface area contributed by atoms with E-state index in [1.807, 2.05) is 24.3 Å². The molecule has 31 heavy (non-hydrogen) atoms. The summed E-state index contributed by atoms with van der Waals surface area (Å²) < 4.78 is 13.5. The molecule has 0 spiro atoms. The molecule has 1 unspecified atom stereocenters. The lowest BCUT2D eigenvalue weighted by molar-refractivity contribution is 0.0922. The van der Waals surface area contributed by atoms with Gasteiger partial charge in [0.05, 0.1) is 22.7 Å². The fourth-order valence-corrected chi connectivity index (χ4v) is 5.48. The molecule has 1 saturated heterocycles. The van der Waals surface area contributed by atoms with E-state index in [1.165, 1.54) is 11.3 Å². The molecular formula is C24H24N2O4S. The smallest absolute Gasteiger partial charge is 0.263 e. The first kappa shape index (κ1) is 20.2. The van der Waals surface area contributed by atoms with Crippen molar-refractivity contribution in [3.05, 3.63) is 69.8 Å². The largest absolute Gasteiger partial charge is 0.506 e. The Balaban J connectivity index is 1.73. The third-order valence-electron chi connectivity index (χ3n) is 5.81. The van der Waals surface area contributed by atoms with Crippen LogP contribution in [0.2, 0.25) is 0 Å². The van der Waals surface area contributed by atoms with Crippen LogP contribution in [-0.2, 0) is 29.0 Å². The molecule has 1 N–H and O–H groups in total. The quantitative estimate of drug-likeness (QED) is 0.490. The van der Waals surface area contributed by atoms with Crippen molar-refractivity contribution < 1.29 is 14.6 Å². The minimum Gasteiger partial charge on any atom is -0.506 e. The van der Waals surface area contributed by atoms with Gasteiger partial charge in [-0.3, -0.25) is 9.36 Å². The molecule has 0 saturated carbocycles. The van der Waals surface area contributed by atoms with Gasteiger partial charge >= 0.3 is 0 Å². The van der Waals surface area contributed by atoms with Crippen molar-refractivity contribution in [1.82, 2.24) is 9.55 Å².